The first kappa shape index (κ1) is 40.8. The Morgan fingerprint density at radius 1 is 0.698 bits per heavy atom. The van der Waals surface area contributed by atoms with Gasteiger partial charge in [-0.3, -0.25) is 9.59 Å². The number of H-pyrrole nitrogens is 2. The minimum absolute atomic E-state index is 0.147. The summed E-state index contributed by atoms with van der Waals surface area (Å²) in [6, 6.07) is 4.38. The Kier molecular flexibility index (Phi) is 14.8. The number of carbonyl (C=O) groups is 4. The average molecular weight is 767 g/mol. The lowest BCUT2D eigenvalue weighted by Gasteiger charge is -2.21. The molecule has 0 bridgehead atoms. The number of aromatic nitrogens is 4. The monoisotopic (exact) mass is 766 g/mol. The van der Waals surface area contributed by atoms with E-state index in [0.717, 1.165) is 34.0 Å². The van der Waals surface area contributed by atoms with E-state index in [-0.39, 0.29) is 24.9 Å². The molecule has 4 aromatic heterocycles. The number of carbonyl (C=O) groups excluding carboxylic acids is 4. The zero-order chi connectivity index (χ0) is 38.7. The molecule has 4 N–H and O–H groups in total. The maximum absolute atomic E-state index is 12.8. The Hall–Kier alpha value is -4.96. The van der Waals surface area contributed by atoms with Gasteiger partial charge < -0.3 is 39.9 Å². The lowest BCUT2D eigenvalue weighted by Crippen LogP contribution is -2.40. The molecule has 0 aliphatic carbocycles. The predicted molar refractivity (Wildman–Crippen MR) is 210 cm³/mol. The van der Waals surface area contributed by atoms with Gasteiger partial charge in [0.05, 0.1) is 60.8 Å². The molecule has 4 heterocycles. The van der Waals surface area contributed by atoms with Crippen molar-refractivity contribution in [2.75, 3.05) is 40.4 Å². The first-order chi connectivity index (χ1) is 25.5. The highest BCUT2D eigenvalue weighted by atomic mass is 32.1. The zero-order valence-corrected chi connectivity index (χ0v) is 33.4. The quantitative estimate of drug-likeness (QED) is 0.0925. The van der Waals surface area contributed by atoms with Crippen molar-refractivity contribution in [3.8, 4) is 21.1 Å². The number of alkyl carbamates (subject to hydrolysis) is 2. The van der Waals surface area contributed by atoms with Gasteiger partial charge in [0.15, 0.2) is 0 Å². The van der Waals surface area contributed by atoms with E-state index in [1.54, 1.807) is 44.9 Å². The highest BCUT2D eigenvalue weighted by Crippen LogP contribution is 2.44. The van der Waals surface area contributed by atoms with Crippen LogP contribution in [0.25, 0.3) is 41.3 Å². The molecule has 0 aliphatic heterocycles. The van der Waals surface area contributed by atoms with Crippen LogP contribution >= 0.6 is 22.7 Å². The van der Waals surface area contributed by atoms with Gasteiger partial charge in [0, 0.05) is 22.5 Å². The second kappa shape index (κ2) is 19.2. The molecule has 0 fully saturated rings. The van der Waals surface area contributed by atoms with E-state index >= 15 is 0 Å². The number of nitrogens with zero attached hydrogens (tertiary/aromatic N) is 4. The zero-order valence-electron chi connectivity index (χ0n) is 31.7. The number of benzene rings is 1. The third-order valence-electron chi connectivity index (χ3n) is 8.25. The van der Waals surface area contributed by atoms with E-state index in [0.29, 0.717) is 37.8 Å². The molecule has 0 unspecified atom stereocenters. The van der Waals surface area contributed by atoms with Crippen LogP contribution in [0.4, 0.5) is 9.59 Å². The first-order valence-corrected chi connectivity index (χ1v) is 19.3. The summed E-state index contributed by atoms with van der Waals surface area (Å²) in [6.07, 6.45) is 5.08. The van der Waals surface area contributed by atoms with Crippen molar-refractivity contribution in [1.29, 1.82) is 0 Å². The number of thiophene rings is 2. The van der Waals surface area contributed by atoms with E-state index in [2.05, 4.69) is 79.9 Å². The Labute approximate surface area is 317 Å². The Morgan fingerprint density at radius 3 is 1.42 bits per heavy atom. The number of aromatic amines is 2. The number of nitrogens with one attached hydrogen (secondary N) is 4. The fourth-order valence-electron chi connectivity index (χ4n) is 5.69. The van der Waals surface area contributed by atoms with Crippen LogP contribution in [0.2, 0.25) is 0 Å². The van der Waals surface area contributed by atoms with Gasteiger partial charge in [-0.25, -0.2) is 19.6 Å². The van der Waals surface area contributed by atoms with Crippen LogP contribution in [0, 0.1) is 13.8 Å². The van der Waals surface area contributed by atoms with E-state index in [1.165, 1.54) is 51.9 Å². The third-order valence-corrected chi connectivity index (χ3v) is 10.8. The highest BCUT2D eigenvalue weighted by Gasteiger charge is 2.21. The molecule has 0 aliphatic rings. The summed E-state index contributed by atoms with van der Waals surface area (Å²) in [6.45, 7) is 13.9. The number of hydrogen-bond acceptors (Lipinski definition) is 10. The minimum Gasteiger partial charge on any atom is -0.453 e. The molecule has 0 saturated carbocycles. The molecule has 0 atom stereocenters. The van der Waals surface area contributed by atoms with Gasteiger partial charge in [-0.1, -0.05) is 34.1 Å². The number of hydrogen-bond donors (Lipinski definition) is 4. The van der Waals surface area contributed by atoms with Gasteiger partial charge in [-0.2, -0.15) is 0 Å². The Bertz CT molecular complexity index is 1830. The summed E-state index contributed by atoms with van der Waals surface area (Å²) < 4.78 is 11.5. The number of amides is 4. The van der Waals surface area contributed by atoms with Gasteiger partial charge >= 0.3 is 12.2 Å². The van der Waals surface area contributed by atoms with E-state index in [9.17, 15) is 19.2 Å². The lowest BCUT2D eigenvalue weighted by molar-refractivity contribution is -0.131. The van der Waals surface area contributed by atoms with E-state index in [4.69, 9.17) is 0 Å². The van der Waals surface area contributed by atoms with E-state index in [1.807, 2.05) is 13.8 Å². The minimum atomic E-state index is -0.649. The topological polar surface area (TPSA) is 175 Å². The average Bonchev–Trinajstić information content (AvgIpc) is 3.98. The fraction of sp³-hybridized carbons (Fsp3) is 0.459. The number of methoxy groups -OCH3 is 2. The molecule has 16 heteroatoms. The van der Waals surface area contributed by atoms with Crippen molar-refractivity contribution in [2.24, 2.45) is 0 Å². The lowest BCUT2D eigenvalue weighted by atomic mass is 10.0. The fourth-order valence-corrected chi connectivity index (χ4v) is 8.08. The highest BCUT2D eigenvalue weighted by molar-refractivity contribution is 7.24. The van der Waals surface area contributed by atoms with Crippen LogP contribution in [0.3, 0.4) is 0 Å². The van der Waals surface area contributed by atoms with Crippen molar-refractivity contribution < 1.29 is 28.7 Å². The first-order valence-electron chi connectivity index (χ1n) is 17.7. The molecular formula is C37H50N8O6S2. The molecule has 5 rings (SSSR count). The number of ether oxygens (including phenoxy) is 2. The molecule has 14 nitrogen and oxygen atoms in total. The largest absolute Gasteiger partial charge is 0.453 e. The van der Waals surface area contributed by atoms with Crippen molar-refractivity contribution in [1.82, 2.24) is 40.4 Å². The third kappa shape index (κ3) is 10.1. The standard InChI is InChI=1S/C34H42N8O6S2.C3H8/c1-7-9-41(29(43)15-37-33(45)47-5)17-27-35-13-23(39-27)25-11-21-19(3)32-22(20(4)31(21)49-25)12-26(50-32)24-14-36-28(40-24)18-42(10-8-2)30(44)16-38-34(46)48-6;1-3-2/h11-14H,7-10,15-18H2,1-6H3,(H,35,39)(H,36,40)(H,37,45)(H,38,46);3H2,1-2H3. The van der Waals surface area contributed by atoms with Gasteiger partial charge in [0.2, 0.25) is 11.8 Å². The van der Waals surface area contributed by atoms with Gasteiger partial charge in [-0.05, 0) is 60.7 Å². The Morgan fingerprint density at radius 2 is 1.08 bits per heavy atom. The van der Waals surface area contributed by atoms with Crippen LogP contribution in [0.5, 0.6) is 0 Å². The van der Waals surface area contributed by atoms with Crippen LogP contribution < -0.4 is 10.6 Å². The van der Waals surface area contributed by atoms with Gasteiger partial charge in [0.1, 0.15) is 24.7 Å². The summed E-state index contributed by atoms with van der Waals surface area (Å²) in [4.78, 5) is 69.7. The molecule has 286 valence electrons. The maximum Gasteiger partial charge on any atom is 0.407 e. The van der Waals surface area contributed by atoms with Crippen molar-refractivity contribution >= 4 is 66.8 Å². The summed E-state index contributed by atoms with van der Waals surface area (Å²) in [5, 5.41) is 7.25. The summed E-state index contributed by atoms with van der Waals surface area (Å²) in [5.41, 5.74) is 4.13. The number of fused-ring (bicyclic) bond motifs is 2. The SMILES string of the molecule is CCC.CCCN(Cc1ncc(-c2cc3c(C)c4sc(-c5cnc(CN(CCC)C(=O)CNC(=O)OC)[nH]5)cc4c(C)c3s2)[nH]1)C(=O)CNC(=O)OC. The molecule has 4 amide bonds. The second-order valence-corrected chi connectivity index (χ2v) is 14.6. The van der Waals surface area contributed by atoms with Gasteiger partial charge in [-0.15, -0.1) is 22.7 Å². The molecule has 0 spiro atoms. The van der Waals surface area contributed by atoms with Crippen molar-refractivity contribution in [3.63, 3.8) is 0 Å². The van der Waals surface area contributed by atoms with Crippen molar-refractivity contribution in [2.45, 2.75) is 73.9 Å². The van der Waals surface area contributed by atoms with Crippen LogP contribution in [-0.2, 0) is 32.2 Å². The molecule has 0 radical (unpaired) electrons. The summed E-state index contributed by atoms with van der Waals surface area (Å²) in [5.74, 6) is 0.895. The smallest absolute Gasteiger partial charge is 0.407 e. The van der Waals surface area contributed by atoms with Gasteiger partial charge in [0.25, 0.3) is 0 Å². The maximum atomic E-state index is 12.8. The van der Waals surface area contributed by atoms with Crippen LogP contribution in [0.1, 0.15) is 69.7 Å². The molecule has 0 saturated heterocycles. The van der Waals surface area contributed by atoms with Crippen LogP contribution in [0.15, 0.2) is 24.5 Å². The van der Waals surface area contributed by atoms with E-state index < -0.39 is 12.2 Å². The molecular weight excluding hydrogens is 717 g/mol. The summed E-state index contributed by atoms with van der Waals surface area (Å²) >= 11 is 3.40. The number of rotatable bonds is 14. The number of aryl methyl sites for hydroxylation is 2. The normalized spacial score (nSPS) is 10.9. The molecule has 1 aromatic carbocycles. The number of imidazole rings is 2. The summed E-state index contributed by atoms with van der Waals surface area (Å²) in [7, 11) is 2.52. The molecule has 53 heavy (non-hydrogen) atoms. The van der Waals surface area contributed by atoms with Crippen LogP contribution in [-0.4, -0.2) is 94.1 Å². The Balaban J connectivity index is 0.00000202. The predicted octanol–water partition coefficient (Wildman–Crippen LogP) is 7.12. The molecule has 5 aromatic rings. The second-order valence-electron chi connectivity index (χ2n) is 12.5. The van der Waals surface area contributed by atoms with Crippen molar-refractivity contribution in [3.05, 3.63) is 47.3 Å².